The normalized spacial score (nSPS) is 29.7. The van der Waals surface area contributed by atoms with Crippen molar-refractivity contribution in [3.63, 3.8) is 0 Å². The minimum absolute atomic E-state index is 0.0545. The number of nitrogens with zero attached hydrogens (tertiary/aromatic N) is 1. The Hall–Kier alpha value is -0.610. The van der Waals surface area contributed by atoms with Crippen LogP contribution in [0.2, 0.25) is 0 Å². The highest BCUT2D eigenvalue weighted by atomic mass is 16.5. The highest BCUT2D eigenvalue weighted by molar-refractivity contribution is 5.71. The van der Waals surface area contributed by atoms with E-state index in [2.05, 4.69) is 24.1 Å². The number of fused-ring (bicyclic) bond motifs is 2. The first-order valence-corrected chi connectivity index (χ1v) is 7.88. The summed E-state index contributed by atoms with van der Waals surface area (Å²) in [6.45, 7) is 6.22. The molecule has 0 radical (unpaired) electrons. The Labute approximate surface area is 116 Å². The number of unbranched alkanes of at least 4 members (excludes halogenated alkanes) is 1. The minimum atomic E-state index is -0.0545. The van der Waals surface area contributed by atoms with Gasteiger partial charge in [0.1, 0.15) is 0 Å². The van der Waals surface area contributed by atoms with Crippen molar-refractivity contribution in [1.29, 1.82) is 0 Å². The number of hydrogen-bond donors (Lipinski definition) is 1. The molecular weight excluding hydrogens is 240 g/mol. The lowest BCUT2D eigenvalue weighted by molar-refractivity contribution is -0.145. The number of nitrogens with one attached hydrogen (secondary N) is 1. The molecule has 2 fully saturated rings. The predicted octanol–water partition coefficient (Wildman–Crippen LogP) is 1.93. The standard InChI is InChI=1S/C15H28N2O2/c1-3-5-8-19-15(18)11-17(4-2)14-9-12-6-7-13(10-14)16-12/h12-14,16H,3-11H2,1-2H3. The van der Waals surface area contributed by atoms with Crippen molar-refractivity contribution in [2.45, 2.75) is 70.5 Å². The van der Waals surface area contributed by atoms with Crippen molar-refractivity contribution in [3.05, 3.63) is 0 Å². The van der Waals surface area contributed by atoms with Crippen LogP contribution in [-0.2, 0) is 9.53 Å². The zero-order valence-electron chi connectivity index (χ0n) is 12.4. The number of carbonyl (C=O) groups is 1. The lowest BCUT2D eigenvalue weighted by atomic mass is 9.98. The Balaban J connectivity index is 1.77. The topological polar surface area (TPSA) is 41.6 Å². The SMILES string of the molecule is CCCCOC(=O)CN(CC)C1CC2CCC(C1)N2. The van der Waals surface area contributed by atoms with Crippen molar-refractivity contribution in [3.8, 4) is 0 Å². The Bertz CT molecular complexity index is 284. The van der Waals surface area contributed by atoms with Crippen molar-refractivity contribution in [2.75, 3.05) is 19.7 Å². The summed E-state index contributed by atoms with van der Waals surface area (Å²) in [5.41, 5.74) is 0. The van der Waals surface area contributed by atoms with Gasteiger partial charge in [-0.15, -0.1) is 0 Å². The van der Waals surface area contributed by atoms with Gasteiger partial charge in [0.15, 0.2) is 0 Å². The van der Waals surface area contributed by atoms with Gasteiger partial charge in [-0.1, -0.05) is 20.3 Å². The first-order chi connectivity index (χ1) is 9.22. The quantitative estimate of drug-likeness (QED) is 0.566. The van der Waals surface area contributed by atoms with E-state index in [1.165, 1.54) is 25.7 Å². The van der Waals surface area contributed by atoms with Gasteiger partial charge in [-0.2, -0.15) is 0 Å². The molecule has 2 bridgehead atoms. The third-order valence-electron chi connectivity index (χ3n) is 4.46. The summed E-state index contributed by atoms with van der Waals surface area (Å²) in [5, 5.41) is 3.65. The van der Waals surface area contributed by atoms with Gasteiger partial charge in [0, 0.05) is 18.1 Å². The van der Waals surface area contributed by atoms with E-state index in [9.17, 15) is 4.79 Å². The van der Waals surface area contributed by atoms with Crippen molar-refractivity contribution >= 4 is 5.97 Å². The van der Waals surface area contributed by atoms with Crippen LogP contribution in [0.4, 0.5) is 0 Å². The van der Waals surface area contributed by atoms with Crippen LogP contribution in [0.5, 0.6) is 0 Å². The molecule has 0 aromatic carbocycles. The van der Waals surface area contributed by atoms with E-state index in [4.69, 9.17) is 4.74 Å². The third kappa shape index (κ3) is 4.18. The van der Waals surface area contributed by atoms with Crippen LogP contribution < -0.4 is 5.32 Å². The third-order valence-corrected chi connectivity index (χ3v) is 4.46. The maximum Gasteiger partial charge on any atom is 0.320 e. The van der Waals surface area contributed by atoms with Gasteiger partial charge >= 0.3 is 5.97 Å². The van der Waals surface area contributed by atoms with Gasteiger partial charge in [-0.3, -0.25) is 9.69 Å². The first-order valence-electron chi connectivity index (χ1n) is 7.88. The number of rotatable bonds is 7. The summed E-state index contributed by atoms with van der Waals surface area (Å²) in [4.78, 5) is 14.1. The molecule has 0 amide bonds. The number of carbonyl (C=O) groups excluding carboxylic acids is 1. The van der Waals surface area contributed by atoms with Gasteiger partial charge in [0.2, 0.25) is 0 Å². The molecule has 0 aliphatic carbocycles. The monoisotopic (exact) mass is 268 g/mol. The summed E-state index contributed by atoms with van der Waals surface area (Å²) in [6, 6.07) is 1.91. The molecule has 110 valence electrons. The van der Waals surface area contributed by atoms with Gasteiger partial charge in [-0.05, 0) is 38.6 Å². The zero-order valence-corrected chi connectivity index (χ0v) is 12.4. The van der Waals surface area contributed by atoms with E-state index >= 15 is 0 Å². The second kappa shape index (κ2) is 7.25. The largest absolute Gasteiger partial charge is 0.465 e. The van der Waals surface area contributed by atoms with Crippen LogP contribution in [0.1, 0.15) is 52.4 Å². The maximum absolute atomic E-state index is 11.8. The summed E-state index contributed by atoms with van der Waals surface area (Å²) in [5.74, 6) is -0.0545. The molecule has 4 nitrogen and oxygen atoms in total. The van der Waals surface area contributed by atoms with Gasteiger partial charge in [0.25, 0.3) is 0 Å². The van der Waals surface area contributed by atoms with Gasteiger partial charge in [0.05, 0.1) is 13.2 Å². The van der Waals surface area contributed by atoms with Crippen molar-refractivity contribution in [1.82, 2.24) is 10.2 Å². The molecule has 2 rings (SSSR count). The van der Waals surface area contributed by atoms with E-state index in [1.807, 2.05) is 0 Å². The molecule has 0 aromatic rings. The Morgan fingerprint density at radius 3 is 2.53 bits per heavy atom. The molecule has 2 heterocycles. The second-order valence-corrected chi connectivity index (χ2v) is 5.90. The molecule has 0 spiro atoms. The van der Waals surface area contributed by atoms with E-state index in [0.29, 0.717) is 31.3 Å². The minimum Gasteiger partial charge on any atom is -0.465 e. The first kappa shape index (κ1) is 14.8. The summed E-state index contributed by atoms with van der Waals surface area (Å²) in [7, 11) is 0. The number of piperidine rings is 1. The molecule has 2 unspecified atom stereocenters. The lowest BCUT2D eigenvalue weighted by Gasteiger charge is -2.36. The van der Waals surface area contributed by atoms with Crippen LogP contribution >= 0.6 is 0 Å². The maximum atomic E-state index is 11.8. The van der Waals surface area contributed by atoms with E-state index in [-0.39, 0.29) is 5.97 Å². The van der Waals surface area contributed by atoms with E-state index in [1.54, 1.807) is 0 Å². The van der Waals surface area contributed by atoms with Gasteiger partial charge in [-0.25, -0.2) is 0 Å². The fraction of sp³-hybridized carbons (Fsp3) is 0.933. The van der Waals surface area contributed by atoms with Crippen LogP contribution in [0.3, 0.4) is 0 Å². The molecule has 2 aliphatic heterocycles. The Morgan fingerprint density at radius 2 is 1.95 bits per heavy atom. The highest BCUT2D eigenvalue weighted by Crippen LogP contribution is 2.29. The predicted molar refractivity (Wildman–Crippen MR) is 76.1 cm³/mol. The molecular formula is C15H28N2O2. The zero-order chi connectivity index (χ0) is 13.7. The summed E-state index contributed by atoms with van der Waals surface area (Å²) in [6.07, 6.45) is 7.02. The lowest BCUT2D eigenvalue weighted by Crippen LogP contribution is -2.49. The number of ether oxygens (including phenoxy) is 1. The Morgan fingerprint density at radius 1 is 1.26 bits per heavy atom. The summed E-state index contributed by atoms with van der Waals surface area (Å²) >= 11 is 0. The fourth-order valence-corrected chi connectivity index (χ4v) is 3.37. The molecule has 0 saturated carbocycles. The molecule has 19 heavy (non-hydrogen) atoms. The molecule has 2 saturated heterocycles. The molecule has 1 N–H and O–H groups in total. The summed E-state index contributed by atoms with van der Waals surface area (Å²) < 4.78 is 5.28. The van der Waals surface area contributed by atoms with Gasteiger partial charge < -0.3 is 10.1 Å². The molecule has 2 atom stereocenters. The van der Waals surface area contributed by atoms with E-state index < -0.39 is 0 Å². The molecule has 4 heteroatoms. The van der Waals surface area contributed by atoms with Crippen LogP contribution in [0.25, 0.3) is 0 Å². The highest BCUT2D eigenvalue weighted by Gasteiger charge is 2.36. The van der Waals surface area contributed by atoms with E-state index in [0.717, 1.165) is 19.4 Å². The smallest absolute Gasteiger partial charge is 0.320 e. The van der Waals surface area contributed by atoms with Crippen LogP contribution in [0, 0.1) is 0 Å². The van der Waals surface area contributed by atoms with Crippen LogP contribution in [0.15, 0.2) is 0 Å². The number of hydrogen-bond acceptors (Lipinski definition) is 4. The molecule has 2 aliphatic rings. The molecule has 0 aromatic heterocycles. The average Bonchev–Trinajstić information content (AvgIpc) is 2.75. The average molecular weight is 268 g/mol. The Kier molecular flexibility index (Phi) is 5.64. The number of likely N-dealkylation sites (N-methyl/N-ethyl adjacent to an activating group) is 1. The second-order valence-electron chi connectivity index (χ2n) is 5.90. The van der Waals surface area contributed by atoms with Crippen molar-refractivity contribution < 1.29 is 9.53 Å². The number of esters is 1. The van der Waals surface area contributed by atoms with Crippen molar-refractivity contribution in [2.24, 2.45) is 0 Å². The van der Waals surface area contributed by atoms with Crippen LogP contribution in [-0.4, -0.2) is 48.7 Å². The fourth-order valence-electron chi connectivity index (χ4n) is 3.37.